The molecule has 2 rings (SSSR count). The van der Waals surface area contributed by atoms with E-state index in [4.69, 9.17) is 0 Å². The van der Waals surface area contributed by atoms with Gasteiger partial charge in [-0.05, 0) is 50.0 Å². The summed E-state index contributed by atoms with van der Waals surface area (Å²) in [5, 5.41) is 6.44. The first-order chi connectivity index (χ1) is 8.81. The second kappa shape index (κ2) is 6.50. The number of carbonyl (C=O) groups excluding carboxylic acids is 1. The van der Waals surface area contributed by atoms with Gasteiger partial charge in [0.15, 0.2) is 0 Å². The molecule has 2 N–H and O–H groups in total. The normalized spacial score (nSPS) is 18.3. The molecule has 1 amide bonds. The van der Waals surface area contributed by atoms with E-state index in [0.29, 0.717) is 0 Å². The van der Waals surface area contributed by atoms with Gasteiger partial charge in [0.05, 0.1) is 6.04 Å². The highest BCUT2D eigenvalue weighted by Gasteiger charge is 2.23. The summed E-state index contributed by atoms with van der Waals surface area (Å²) in [5.74, 6) is 0.363. The Balaban J connectivity index is 1.95. The highest BCUT2D eigenvalue weighted by atomic mass is 16.1. The number of piperidine rings is 1. The lowest BCUT2D eigenvalue weighted by atomic mass is 9.96. The minimum atomic E-state index is 0.107. The van der Waals surface area contributed by atoms with Crippen LogP contribution in [0, 0.1) is 5.92 Å². The smallest absolute Gasteiger partial charge is 0.223 e. The van der Waals surface area contributed by atoms with Crippen molar-refractivity contribution >= 4 is 5.91 Å². The van der Waals surface area contributed by atoms with Gasteiger partial charge in [0.1, 0.15) is 0 Å². The molecule has 18 heavy (non-hydrogen) atoms. The molecule has 1 aromatic rings. The zero-order chi connectivity index (χ0) is 12.8. The average Bonchev–Trinajstić information content (AvgIpc) is 2.46. The molecule has 0 aliphatic carbocycles. The van der Waals surface area contributed by atoms with Crippen LogP contribution in [0.2, 0.25) is 0 Å². The molecular formula is C14H21N3O. The summed E-state index contributed by atoms with van der Waals surface area (Å²) >= 11 is 0. The van der Waals surface area contributed by atoms with E-state index in [1.54, 1.807) is 12.4 Å². The number of nitrogens with zero attached hydrogens (tertiary/aromatic N) is 1. The third-order valence-electron chi connectivity index (χ3n) is 3.54. The predicted octanol–water partition coefficient (Wildman–Crippen LogP) is 1.65. The summed E-state index contributed by atoms with van der Waals surface area (Å²) in [6, 6.07) is 4.05. The van der Waals surface area contributed by atoms with Gasteiger partial charge in [0.2, 0.25) is 5.91 Å². The molecule has 0 spiro atoms. The second-order valence-corrected chi connectivity index (χ2v) is 4.77. The van der Waals surface area contributed by atoms with Crippen molar-refractivity contribution in [3.8, 4) is 0 Å². The highest BCUT2D eigenvalue weighted by molar-refractivity contribution is 5.79. The zero-order valence-electron chi connectivity index (χ0n) is 10.9. The Labute approximate surface area is 108 Å². The largest absolute Gasteiger partial charge is 0.349 e. The first kappa shape index (κ1) is 13.0. The Morgan fingerprint density at radius 1 is 1.44 bits per heavy atom. The molecule has 1 aromatic heterocycles. The molecule has 4 nitrogen and oxygen atoms in total. The van der Waals surface area contributed by atoms with E-state index in [1.807, 2.05) is 12.1 Å². The van der Waals surface area contributed by atoms with Crippen molar-refractivity contribution in [2.24, 2.45) is 5.92 Å². The van der Waals surface area contributed by atoms with Crippen LogP contribution in [0.25, 0.3) is 0 Å². The molecule has 1 atom stereocenters. The summed E-state index contributed by atoms with van der Waals surface area (Å²) in [7, 11) is 0. The third-order valence-corrected chi connectivity index (χ3v) is 3.54. The predicted molar refractivity (Wildman–Crippen MR) is 71.0 cm³/mol. The molecule has 1 unspecified atom stereocenters. The van der Waals surface area contributed by atoms with Crippen LogP contribution in [-0.4, -0.2) is 24.0 Å². The summed E-state index contributed by atoms with van der Waals surface area (Å²) in [4.78, 5) is 16.2. The average molecular weight is 247 g/mol. The number of aromatic nitrogens is 1. The maximum atomic E-state index is 12.2. The van der Waals surface area contributed by atoms with Crippen LogP contribution in [-0.2, 0) is 4.79 Å². The minimum absolute atomic E-state index is 0.107. The lowest BCUT2D eigenvalue weighted by Gasteiger charge is -2.25. The van der Waals surface area contributed by atoms with Crippen molar-refractivity contribution in [3.63, 3.8) is 0 Å². The molecule has 1 aliphatic rings. The van der Waals surface area contributed by atoms with Gasteiger partial charge in [0.25, 0.3) is 0 Å². The Hall–Kier alpha value is -1.42. The molecule has 0 bridgehead atoms. The lowest BCUT2D eigenvalue weighted by Crippen LogP contribution is -2.39. The number of rotatable bonds is 4. The van der Waals surface area contributed by atoms with Crippen LogP contribution in [0.4, 0.5) is 0 Å². The fourth-order valence-electron chi connectivity index (χ4n) is 2.39. The van der Waals surface area contributed by atoms with Crippen molar-refractivity contribution in [1.82, 2.24) is 15.6 Å². The summed E-state index contributed by atoms with van der Waals surface area (Å²) < 4.78 is 0. The van der Waals surface area contributed by atoms with Gasteiger partial charge in [0, 0.05) is 18.3 Å². The molecule has 4 heteroatoms. The number of nitrogens with one attached hydrogen (secondary N) is 2. The van der Waals surface area contributed by atoms with E-state index in [-0.39, 0.29) is 17.9 Å². The van der Waals surface area contributed by atoms with Gasteiger partial charge in [-0.3, -0.25) is 9.78 Å². The summed E-state index contributed by atoms with van der Waals surface area (Å²) in [6.07, 6.45) is 6.33. The monoisotopic (exact) mass is 247 g/mol. The number of pyridine rings is 1. The molecule has 0 radical (unpaired) electrons. The Kier molecular flexibility index (Phi) is 4.70. The van der Waals surface area contributed by atoms with Crippen molar-refractivity contribution in [1.29, 1.82) is 0 Å². The van der Waals surface area contributed by atoms with Crippen LogP contribution in [0.15, 0.2) is 24.5 Å². The number of hydrogen-bond acceptors (Lipinski definition) is 3. The van der Waals surface area contributed by atoms with E-state index >= 15 is 0 Å². The molecular weight excluding hydrogens is 226 g/mol. The third kappa shape index (κ3) is 3.29. The number of hydrogen-bond donors (Lipinski definition) is 2. The van der Waals surface area contributed by atoms with Gasteiger partial charge in [-0.25, -0.2) is 0 Å². The van der Waals surface area contributed by atoms with E-state index in [2.05, 4.69) is 22.5 Å². The van der Waals surface area contributed by atoms with Crippen LogP contribution in [0.1, 0.15) is 37.8 Å². The first-order valence-electron chi connectivity index (χ1n) is 6.72. The molecule has 98 valence electrons. The topological polar surface area (TPSA) is 54.0 Å². The van der Waals surface area contributed by atoms with E-state index < -0.39 is 0 Å². The molecule has 1 fully saturated rings. The Morgan fingerprint density at radius 3 is 2.72 bits per heavy atom. The Bertz CT molecular complexity index is 374. The van der Waals surface area contributed by atoms with E-state index in [1.165, 1.54) is 0 Å². The van der Waals surface area contributed by atoms with Crippen LogP contribution >= 0.6 is 0 Å². The van der Waals surface area contributed by atoms with Crippen molar-refractivity contribution < 1.29 is 4.79 Å². The molecule has 2 heterocycles. The quantitative estimate of drug-likeness (QED) is 0.850. The Morgan fingerprint density at radius 2 is 2.11 bits per heavy atom. The fourth-order valence-corrected chi connectivity index (χ4v) is 2.39. The first-order valence-corrected chi connectivity index (χ1v) is 6.72. The minimum Gasteiger partial charge on any atom is -0.349 e. The van der Waals surface area contributed by atoms with Gasteiger partial charge in [-0.2, -0.15) is 0 Å². The summed E-state index contributed by atoms with van der Waals surface area (Å²) in [6.45, 7) is 3.99. The van der Waals surface area contributed by atoms with Crippen LogP contribution in [0.3, 0.4) is 0 Å². The fraction of sp³-hybridized carbons (Fsp3) is 0.571. The number of amides is 1. The molecule has 0 aromatic carbocycles. The molecule has 0 saturated carbocycles. The second-order valence-electron chi connectivity index (χ2n) is 4.77. The molecule has 1 saturated heterocycles. The van der Waals surface area contributed by atoms with Crippen LogP contribution in [0.5, 0.6) is 0 Å². The molecule has 1 aliphatic heterocycles. The summed E-state index contributed by atoms with van der Waals surface area (Å²) in [5.41, 5.74) is 1.13. The van der Waals surface area contributed by atoms with E-state index in [9.17, 15) is 4.79 Å². The van der Waals surface area contributed by atoms with Gasteiger partial charge >= 0.3 is 0 Å². The van der Waals surface area contributed by atoms with Crippen molar-refractivity contribution in [2.75, 3.05) is 13.1 Å². The maximum absolute atomic E-state index is 12.2. The van der Waals surface area contributed by atoms with E-state index in [0.717, 1.165) is 37.9 Å². The van der Waals surface area contributed by atoms with Gasteiger partial charge in [-0.15, -0.1) is 0 Å². The van der Waals surface area contributed by atoms with Gasteiger partial charge in [-0.1, -0.05) is 6.92 Å². The zero-order valence-corrected chi connectivity index (χ0v) is 10.9. The standard InChI is InChI=1S/C14H21N3O/c1-2-13(11-3-7-15-8-4-11)17-14(18)12-5-9-16-10-6-12/h3-4,7-8,12-13,16H,2,5-6,9-10H2,1H3,(H,17,18). The highest BCUT2D eigenvalue weighted by Crippen LogP contribution is 2.18. The van der Waals surface area contributed by atoms with Crippen LogP contribution < -0.4 is 10.6 Å². The lowest BCUT2D eigenvalue weighted by molar-refractivity contribution is -0.126. The van der Waals surface area contributed by atoms with Crippen molar-refractivity contribution in [3.05, 3.63) is 30.1 Å². The van der Waals surface area contributed by atoms with Gasteiger partial charge < -0.3 is 10.6 Å². The SMILES string of the molecule is CCC(NC(=O)C1CCNCC1)c1ccncc1. The van der Waals surface area contributed by atoms with Crippen molar-refractivity contribution in [2.45, 2.75) is 32.2 Å². The number of carbonyl (C=O) groups is 1. The maximum Gasteiger partial charge on any atom is 0.223 e.